The van der Waals surface area contributed by atoms with Gasteiger partial charge < -0.3 is 133 Å². The summed E-state index contributed by atoms with van der Waals surface area (Å²) in [5.74, 6) is -0.647. The highest BCUT2D eigenvalue weighted by atomic mass is 32.5. The van der Waals surface area contributed by atoms with Gasteiger partial charge in [-0.05, 0) is 95.1 Å². The molecule has 28 atom stereocenters. The molecular formula is C62H70F4N28O27P6S6. The molecule has 9 fully saturated rings. The van der Waals surface area contributed by atoms with Crippen molar-refractivity contribution in [2.45, 2.75) is 148 Å². The Bertz CT molecular complexity index is 6790. The third-order valence-corrected chi connectivity index (χ3v) is 31.1. The second-order valence-corrected chi connectivity index (χ2v) is 47.1. The Morgan fingerprint density at radius 3 is 1.14 bits per heavy atom. The summed E-state index contributed by atoms with van der Waals surface area (Å²) in [4.78, 5) is 147. The maximum absolute atomic E-state index is 16.0. The highest BCUT2D eigenvalue weighted by Crippen LogP contribution is 2.60. The summed E-state index contributed by atoms with van der Waals surface area (Å²) >= 11 is 31.3. The Morgan fingerprint density at radius 1 is 0.353 bits per heavy atom. The molecule has 21 rings (SSSR count). The number of pyridine rings is 3. The summed E-state index contributed by atoms with van der Waals surface area (Å²) in [5, 5.41) is 16.1. The molecule has 0 spiro atoms. The number of aromatic amines is 3. The lowest BCUT2D eigenvalue weighted by atomic mass is 10.1. The van der Waals surface area contributed by atoms with Gasteiger partial charge in [-0.2, -0.15) is 24.3 Å². The fourth-order valence-corrected chi connectivity index (χ4v) is 24.5. The third-order valence-electron chi connectivity index (χ3n) is 21.7. The number of H-pyrrole nitrogens is 3. The number of ether oxygens (including phenoxy) is 6. The number of hydrogen-bond acceptors (Lipinski definition) is 46. The van der Waals surface area contributed by atoms with Crippen molar-refractivity contribution < 1.29 is 130 Å². The number of rotatable bonds is 6. The van der Waals surface area contributed by atoms with Gasteiger partial charge >= 0.3 is 40.3 Å². The summed E-state index contributed by atoms with van der Waals surface area (Å²) in [7, 11) is 0. The van der Waals surface area contributed by atoms with Gasteiger partial charge in [-0.1, -0.05) is 10.4 Å². The van der Waals surface area contributed by atoms with Crippen LogP contribution >= 0.6 is 40.3 Å². The van der Waals surface area contributed by atoms with Crippen LogP contribution in [0.3, 0.4) is 0 Å². The zero-order chi connectivity index (χ0) is 93.8. The predicted molar refractivity (Wildman–Crippen MR) is 468 cm³/mol. The van der Waals surface area contributed by atoms with Gasteiger partial charge in [-0.25, -0.2) is 47.5 Å². The number of nitrogen functional groups attached to an aromatic ring is 6. The Balaban J connectivity index is 0.000000129. The van der Waals surface area contributed by atoms with E-state index >= 15 is 17.6 Å². The first-order valence-electron chi connectivity index (χ1n) is 38.8. The van der Waals surface area contributed by atoms with Gasteiger partial charge in [0.25, 0.3) is 16.7 Å². The number of nitrogens with one attached hydrogen (secondary N) is 3. The van der Waals surface area contributed by atoms with Crippen molar-refractivity contribution in [2.75, 3.05) is 74.0 Å². The first kappa shape index (κ1) is 94.3. The third kappa shape index (κ3) is 18.8. The first-order chi connectivity index (χ1) is 63.1. The number of hydrogen-bond donors (Lipinski definition) is 15. The van der Waals surface area contributed by atoms with Gasteiger partial charge in [0, 0.05) is 48.7 Å². The maximum atomic E-state index is 16.0. The van der Waals surface area contributed by atoms with Crippen LogP contribution in [0, 0.1) is 0 Å². The van der Waals surface area contributed by atoms with Crippen LogP contribution in [0.5, 0.6) is 0 Å². The van der Waals surface area contributed by atoms with E-state index in [4.69, 9.17) is 188 Å². The molecule has 714 valence electrons. The minimum absolute atomic E-state index is 0.0270. The number of anilines is 6. The van der Waals surface area contributed by atoms with E-state index in [1.165, 1.54) is 55.7 Å². The second-order valence-electron chi connectivity index (χ2n) is 30.4. The Morgan fingerprint density at radius 2 is 0.699 bits per heavy atom. The van der Waals surface area contributed by atoms with Crippen LogP contribution in [-0.4, -0.2) is 275 Å². The normalized spacial score (nSPS) is 36.9. The largest absolute Gasteiger partial charge is 0.398 e. The highest BCUT2D eigenvalue weighted by Gasteiger charge is 2.57. The first-order valence-corrected chi connectivity index (χ1v) is 54.4. The molecule has 6 bridgehead atoms. The lowest BCUT2D eigenvalue weighted by molar-refractivity contribution is -0.0637. The second kappa shape index (κ2) is 36.3. The summed E-state index contributed by atoms with van der Waals surface area (Å²) in [6.45, 7) is -28.1. The zero-order valence-corrected chi connectivity index (χ0v) is 76.8. The Hall–Kier alpha value is -7.70. The van der Waals surface area contributed by atoms with Crippen LogP contribution in [0.15, 0.2) is 82.4 Å². The molecule has 71 heteroatoms. The van der Waals surface area contributed by atoms with Crippen molar-refractivity contribution >= 4 is 213 Å². The van der Waals surface area contributed by atoms with Crippen molar-refractivity contribution in [1.82, 2.24) is 108 Å². The molecular weight excluding hydrogens is 2020 g/mol. The van der Waals surface area contributed by atoms with E-state index < -0.39 is 219 Å². The zero-order valence-electron chi connectivity index (χ0n) is 66.6. The summed E-state index contributed by atoms with van der Waals surface area (Å²) in [6.07, 6.45) is -21.5. The smallest absolute Gasteiger partial charge is 0.325 e. The average Bonchev–Trinajstić information content (AvgIpc) is 1.62. The van der Waals surface area contributed by atoms with Crippen molar-refractivity contribution in [3.63, 3.8) is 0 Å². The molecule has 0 aliphatic carbocycles. The van der Waals surface area contributed by atoms with Gasteiger partial charge in [0.15, 0.2) is 107 Å². The van der Waals surface area contributed by atoms with Gasteiger partial charge in [0.05, 0.1) is 82.2 Å². The molecule has 0 radical (unpaired) electrons. The molecule has 21 N–H and O–H groups in total. The molecule has 21 heterocycles. The van der Waals surface area contributed by atoms with Crippen LogP contribution in [-0.2, 0) is 154 Å². The van der Waals surface area contributed by atoms with E-state index in [2.05, 4.69) is 80.4 Å². The number of halogens is 4. The van der Waals surface area contributed by atoms with Gasteiger partial charge in [0.1, 0.15) is 77.7 Å². The van der Waals surface area contributed by atoms with Crippen LogP contribution in [0.1, 0.15) is 50.2 Å². The topological polar surface area (TPSA) is 739 Å². The molecule has 9 aliphatic heterocycles. The average molecular weight is 2090 g/mol. The standard InChI is InChI=1S/C22H24F2N8O9P2S2.2C20H23FN10O9P2S2/c23-12-10-5-36-42(34,44)40-15-11(39-20(13(15)24)31-4-2-8-9(25)1-3-27-17(8)31)6-37-43(35,45)41-16(12)21(38-10)32-7-28-14-18(32)29-22(26)30-19(14)33;2*21-11-14-10(38-19(11)30-6-25-12-8(22)1-2-24-15(12)30)5-36-41(33,43)39-9-3-7(4-35-42(34,44)40-14)37-18(9)31-16-13(28-29-31)17(32)27-20(23)26-16/h1-4,7,10-13,15-16,20-21H,5-6H2,(H2,25,27)(H,34,44)(H,35,45)(H3,26,29,30,33);2*1-2,6-7,9-11,14,18-19H,3-5H2,(H2,22,24)(H,33,43)(H,34,44)(H3,23,26,27,32)/t10-,11-,12+,13+,15-,16-,20-,21-,42?,43?;2*7-,9+,10+,11-,14+,18+,19+,41?,42?/m100/s1. The molecule has 12 aromatic rings. The molecule has 0 amide bonds. The van der Waals surface area contributed by atoms with Crippen LogP contribution in [0.25, 0.3) is 66.9 Å². The van der Waals surface area contributed by atoms with Crippen LogP contribution in [0.4, 0.5) is 52.5 Å². The lowest BCUT2D eigenvalue weighted by Crippen LogP contribution is -2.34. The number of nitrogens with two attached hydrogens (primary N) is 6. The summed E-state index contributed by atoms with van der Waals surface area (Å²) in [5.41, 5.74) is 35.0. The van der Waals surface area contributed by atoms with E-state index in [9.17, 15) is 43.7 Å². The Kier molecular flexibility index (Phi) is 25.7. The fourth-order valence-electron chi connectivity index (χ4n) is 15.9. The minimum atomic E-state index is -4.33. The number of aromatic nitrogens is 22. The molecule has 9 saturated heterocycles. The summed E-state index contributed by atoms with van der Waals surface area (Å²) in [6, 6.07) is 6.29. The SMILES string of the molecule is Nc1nc2c(ncn2[C@@H]2O[C@@H]3COP(O)(=S)O[C@H]4[C@H](F)[C@H](n5ccc6c(N)ccnc65)O[C@@H]4COP(O)(=S)O[C@@H]2[C@H]3F)c(=O)[nH]1.Nc1nc2c(nnn2[C@@H]2O[C@@H]3COP(O)(=S)O[C@H]4[C@H](F)[C@H](n5cnc6c(N)ccnc65)O[C@@H]4COP(O)(=S)O[C@@H]2C3)c(=O)[nH]1.Nc1nc2c(nnn2[C@@H]2O[C@@H]3COP(O)(=S)O[C@H]4[C@H](F)[C@H](n5cnc6c(N)ccnc65)O[C@@H]4COP(O)(=S)O[C@@H]2C3)c(=O)[nH]1. The number of imidazole rings is 3. The molecule has 12 aromatic heterocycles. The number of alkyl halides is 4. The maximum Gasteiger partial charge on any atom is 0.325 e. The van der Waals surface area contributed by atoms with Crippen LogP contribution in [0.2, 0.25) is 0 Å². The Labute approximate surface area is 767 Å². The van der Waals surface area contributed by atoms with Crippen LogP contribution < -0.4 is 51.1 Å². The van der Waals surface area contributed by atoms with Crippen molar-refractivity contribution in [1.29, 1.82) is 0 Å². The van der Waals surface area contributed by atoms with E-state index in [1.807, 2.05) is 0 Å². The van der Waals surface area contributed by atoms with E-state index in [0.29, 0.717) is 39.1 Å². The van der Waals surface area contributed by atoms with Gasteiger partial charge in [-0.15, -0.1) is 10.2 Å². The minimum Gasteiger partial charge on any atom is -0.398 e. The lowest BCUT2D eigenvalue weighted by Gasteiger charge is -2.27. The van der Waals surface area contributed by atoms with Crippen molar-refractivity contribution in [2.24, 2.45) is 0 Å². The summed E-state index contributed by atoms with van der Waals surface area (Å²) < 4.78 is 174. The van der Waals surface area contributed by atoms with Gasteiger partial charge in [0.2, 0.25) is 17.8 Å². The monoisotopic (exact) mass is 2090 g/mol. The van der Waals surface area contributed by atoms with Crippen molar-refractivity contribution in [3.05, 3.63) is 99.1 Å². The van der Waals surface area contributed by atoms with Crippen molar-refractivity contribution in [3.8, 4) is 0 Å². The molecule has 55 nitrogen and oxygen atoms in total. The molecule has 9 aliphatic rings. The molecule has 0 saturated carbocycles. The molecule has 6 unspecified atom stereocenters. The molecule has 0 aromatic carbocycles. The van der Waals surface area contributed by atoms with E-state index in [-0.39, 0.29) is 88.7 Å². The van der Waals surface area contributed by atoms with E-state index in [1.54, 1.807) is 24.3 Å². The van der Waals surface area contributed by atoms with E-state index in [0.717, 1.165) is 15.7 Å². The number of fused-ring (bicyclic) bond motifs is 15. The highest BCUT2D eigenvalue weighted by molar-refractivity contribution is 8.08. The number of nitrogens with zero attached hydrogens (tertiary/aromatic N) is 19. The molecule has 133 heavy (non-hydrogen) atoms. The quantitative estimate of drug-likeness (QED) is 0.0810. The fraction of sp³-hybridized carbons (Fsp3) is 0.484. The van der Waals surface area contributed by atoms with Gasteiger partial charge in [-0.3, -0.25) is 61.1 Å². The predicted octanol–water partition coefficient (Wildman–Crippen LogP) is 0.851.